The maximum absolute atomic E-state index is 11.0. The zero-order valence-electron chi connectivity index (χ0n) is 19.5. The van der Waals surface area contributed by atoms with E-state index >= 15 is 0 Å². The molecule has 34 heavy (non-hydrogen) atoms. The summed E-state index contributed by atoms with van der Waals surface area (Å²) in [6.07, 6.45) is 8.52. The molecule has 0 saturated heterocycles. The van der Waals surface area contributed by atoms with Crippen molar-refractivity contribution in [3.05, 3.63) is 102 Å². The van der Waals surface area contributed by atoms with E-state index in [-0.39, 0.29) is 5.97 Å². The Labute approximate surface area is 207 Å². The van der Waals surface area contributed by atoms with Crippen LogP contribution in [-0.2, 0) is 28.8 Å². The molecule has 0 atom stereocenters. The summed E-state index contributed by atoms with van der Waals surface area (Å²) < 4.78 is 5.00. The summed E-state index contributed by atoms with van der Waals surface area (Å²) in [4.78, 5) is 12.0. The molecular weight excluding hydrogens is 438 g/mol. The lowest BCUT2D eigenvalue weighted by Gasteiger charge is -2.07. The largest absolute Gasteiger partial charge is 0.463 e. The van der Waals surface area contributed by atoms with Gasteiger partial charge in [-0.2, -0.15) is 5.26 Å². The second-order valence-corrected chi connectivity index (χ2v) is 9.13. The fourth-order valence-electron chi connectivity index (χ4n) is 3.81. The summed E-state index contributed by atoms with van der Waals surface area (Å²) >= 11 is 1.20. The molecule has 0 saturated carbocycles. The number of unbranched alkanes of at least 4 members (excludes halogenated alkanes) is 3. The normalized spacial score (nSPS) is 10.4. The molecule has 0 aliphatic rings. The number of esters is 1. The van der Waals surface area contributed by atoms with Gasteiger partial charge in [0.2, 0.25) is 0 Å². The molecule has 174 valence electrons. The number of carbonyl (C=O) groups is 1. The van der Waals surface area contributed by atoms with Gasteiger partial charge in [-0.1, -0.05) is 80.1 Å². The van der Waals surface area contributed by atoms with Crippen molar-refractivity contribution in [2.24, 2.45) is 0 Å². The molecule has 4 heteroatoms. The Bertz CT molecular complexity index is 1080. The zero-order chi connectivity index (χ0) is 24.0. The fraction of sp³-hybridized carbons (Fsp3) is 0.267. The van der Waals surface area contributed by atoms with E-state index < -0.39 is 0 Å². The van der Waals surface area contributed by atoms with Crippen molar-refractivity contribution in [2.45, 2.75) is 49.8 Å². The van der Waals surface area contributed by atoms with Gasteiger partial charge in [-0.25, -0.2) is 4.79 Å². The number of nitrogens with zero attached hydrogens (tertiary/aromatic N) is 1. The summed E-state index contributed by atoms with van der Waals surface area (Å²) in [5.41, 5.74) is 6.46. The number of hydrogen-bond donors (Lipinski definition) is 0. The minimum Gasteiger partial charge on any atom is -0.463 e. The van der Waals surface area contributed by atoms with Crippen LogP contribution < -0.4 is 0 Å². The highest BCUT2D eigenvalue weighted by atomic mass is 32.2. The standard InChI is InChI=1S/C30H31NO2S/c1-2-30(32)33-22-6-4-3-5-7-24-10-16-27(17-11-24)28-18-12-25(13-19-28)8-9-26-14-20-29(21-15-26)34-23-31/h2,10-21H,1,3-9,22H2. The summed E-state index contributed by atoms with van der Waals surface area (Å²) in [7, 11) is 0. The molecule has 0 N–H and O–H groups in total. The van der Waals surface area contributed by atoms with Crippen LogP contribution in [0.15, 0.2) is 90.3 Å². The third-order valence-electron chi connectivity index (χ3n) is 5.80. The quantitative estimate of drug-likeness (QED) is 0.0853. The van der Waals surface area contributed by atoms with E-state index in [9.17, 15) is 4.79 Å². The highest BCUT2D eigenvalue weighted by Crippen LogP contribution is 2.22. The molecule has 0 aliphatic heterocycles. The minimum absolute atomic E-state index is 0.340. The van der Waals surface area contributed by atoms with E-state index in [0.717, 1.165) is 49.8 Å². The van der Waals surface area contributed by atoms with Crippen LogP contribution in [0.25, 0.3) is 11.1 Å². The maximum Gasteiger partial charge on any atom is 0.330 e. The van der Waals surface area contributed by atoms with Crippen molar-refractivity contribution in [3.63, 3.8) is 0 Å². The van der Waals surface area contributed by atoms with E-state index in [1.807, 2.05) is 12.1 Å². The lowest BCUT2D eigenvalue weighted by Crippen LogP contribution is -2.01. The number of rotatable bonds is 13. The monoisotopic (exact) mass is 469 g/mol. The summed E-state index contributed by atoms with van der Waals surface area (Å²) in [5, 5.41) is 10.9. The van der Waals surface area contributed by atoms with Gasteiger partial charge in [-0.05, 0) is 83.8 Å². The highest BCUT2D eigenvalue weighted by Gasteiger charge is 2.02. The first kappa shape index (κ1) is 25.3. The first-order valence-corrected chi connectivity index (χ1v) is 12.6. The average molecular weight is 470 g/mol. The first-order chi connectivity index (χ1) is 16.7. The van der Waals surface area contributed by atoms with Crippen molar-refractivity contribution in [1.82, 2.24) is 0 Å². The molecule has 0 bridgehead atoms. The predicted molar refractivity (Wildman–Crippen MR) is 141 cm³/mol. The molecule has 3 rings (SSSR count). The molecule has 3 aromatic carbocycles. The topological polar surface area (TPSA) is 50.1 Å². The van der Waals surface area contributed by atoms with Crippen LogP contribution in [0.3, 0.4) is 0 Å². The van der Waals surface area contributed by atoms with Crippen molar-refractivity contribution in [3.8, 4) is 16.5 Å². The Kier molecular flexibility index (Phi) is 10.5. The van der Waals surface area contributed by atoms with Gasteiger partial charge < -0.3 is 4.74 Å². The molecule has 0 aliphatic carbocycles. The lowest BCUT2D eigenvalue weighted by atomic mass is 9.98. The van der Waals surface area contributed by atoms with Crippen LogP contribution in [0.4, 0.5) is 0 Å². The summed E-state index contributed by atoms with van der Waals surface area (Å²) in [5.74, 6) is -0.340. The van der Waals surface area contributed by atoms with Crippen LogP contribution in [-0.4, -0.2) is 12.6 Å². The number of hydrogen-bond acceptors (Lipinski definition) is 4. The van der Waals surface area contributed by atoms with Gasteiger partial charge >= 0.3 is 5.97 Å². The fourth-order valence-corrected chi connectivity index (χ4v) is 4.19. The van der Waals surface area contributed by atoms with E-state index in [4.69, 9.17) is 10.00 Å². The van der Waals surface area contributed by atoms with Crippen molar-refractivity contribution in [2.75, 3.05) is 6.61 Å². The lowest BCUT2D eigenvalue weighted by molar-refractivity contribution is -0.137. The molecule has 0 spiro atoms. The van der Waals surface area contributed by atoms with Gasteiger partial charge in [0.05, 0.1) is 6.61 Å². The molecule has 0 fully saturated rings. The van der Waals surface area contributed by atoms with E-state index in [2.05, 4.69) is 72.6 Å². The smallest absolute Gasteiger partial charge is 0.330 e. The van der Waals surface area contributed by atoms with E-state index in [0.29, 0.717) is 6.61 Å². The highest BCUT2D eigenvalue weighted by molar-refractivity contribution is 8.03. The van der Waals surface area contributed by atoms with Crippen LogP contribution in [0.5, 0.6) is 0 Å². The van der Waals surface area contributed by atoms with Gasteiger partial charge in [-0.15, -0.1) is 0 Å². The van der Waals surface area contributed by atoms with Crippen LogP contribution >= 0.6 is 11.8 Å². The summed E-state index contributed by atoms with van der Waals surface area (Å²) in [6.45, 7) is 3.87. The van der Waals surface area contributed by atoms with E-state index in [1.165, 1.54) is 45.7 Å². The van der Waals surface area contributed by atoms with Crippen LogP contribution in [0.1, 0.15) is 42.4 Å². The molecule has 0 amide bonds. The van der Waals surface area contributed by atoms with Gasteiger partial charge in [0.25, 0.3) is 0 Å². The average Bonchev–Trinajstić information content (AvgIpc) is 2.88. The SMILES string of the molecule is C=CC(=O)OCCCCCCc1ccc(-c2ccc(CCc3ccc(SC#N)cc3)cc2)cc1. The van der Waals surface area contributed by atoms with E-state index in [1.54, 1.807) is 0 Å². The molecular formula is C30H31NO2S. The third-order valence-corrected chi connectivity index (χ3v) is 6.40. The van der Waals surface area contributed by atoms with Gasteiger partial charge in [0, 0.05) is 11.0 Å². The van der Waals surface area contributed by atoms with Crippen molar-refractivity contribution < 1.29 is 9.53 Å². The van der Waals surface area contributed by atoms with Gasteiger partial charge in [-0.3, -0.25) is 0 Å². The molecule has 0 aromatic heterocycles. The van der Waals surface area contributed by atoms with Gasteiger partial charge in [0.1, 0.15) is 5.40 Å². The number of nitriles is 1. The molecule has 0 heterocycles. The second-order valence-electron chi connectivity index (χ2n) is 8.27. The first-order valence-electron chi connectivity index (χ1n) is 11.8. The second kappa shape index (κ2) is 14.1. The molecule has 0 unspecified atom stereocenters. The third kappa shape index (κ3) is 8.57. The number of thiocyanates is 1. The minimum atomic E-state index is -0.340. The number of carbonyl (C=O) groups excluding carboxylic acids is 1. The number of thioether (sulfide) groups is 1. The maximum atomic E-state index is 11.0. The Morgan fingerprint density at radius 3 is 1.79 bits per heavy atom. The Morgan fingerprint density at radius 2 is 1.26 bits per heavy atom. The molecule has 3 nitrogen and oxygen atoms in total. The Morgan fingerprint density at radius 1 is 0.765 bits per heavy atom. The van der Waals surface area contributed by atoms with Crippen molar-refractivity contribution >= 4 is 17.7 Å². The number of aryl methyl sites for hydroxylation is 3. The molecule has 3 aromatic rings. The summed E-state index contributed by atoms with van der Waals surface area (Å²) in [6, 6.07) is 26.0. The van der Waals surface area contributed by atoms with Crippen LogP contribution in [0, 0.1) is 10.7 Å². The predicted octanol–water partition coefficient (Wildman–Crippen LogP) is 7.54. The Hall–Kier alpha value is -3.29. The number of ether oxygens (including phenoxy) is 1. The zero-order valence-corrected chi connectivity index (χ0v) is 20.4. The number of benzene rings is 3. The van der Waals surface area contributed by atoms with Crippen LogP contribution in [0.2, 0.25) is 0 Å². The Balaban J connectivity index is 1.40. The van der Waals surface area contributed by atoms with Crippen molar-refractivity contribution in [1.29, 1.82) is 5.26 Å². The van der Waals surface area contributed by atoms with Gasteiger partial charge in [0.15, 0.2) is 0 Å². The molecule has 0 radical (unpaired) electrons.